The molecule has 2 N–H and O–H groups in total. The third-order valence-corrected chi connectivity index (χ3v) is 8.59. The number of carbonyl (C=O) groups excluding carboxylic acids is 2. The van der Waals surface area contributed by atoms with Crippen LogP contribution in [0.2, 0.25) is 10.0 Å². The van der Waals surface area contributed by atoms with E-state index in [1.54, 1.807) is 0 Å². The Morgan fingerprint density at radius 2 is 1.56 bits per heavy atom. The normalized spacial score (nSPS) is 24.9. The van der Waals surface area contributed by atoms with Crippen LogP contribution in [0.1, 0.15) is 48.0 Å². The van der Waals surface area contributed by atoms with Gasteiger partial charge in [0.2, 0.25) is 5.91 Å². The first-order chi connectivity index (χ1) is 17.4. The molecule has 1 aliphatic carbocycles. The molecule has 2 aromatic rings. The van der Waals surface area contributed by atoms with Crippen molar-refractivity contribution in [2.24, 2.45) is 5.92 Å². The number of aliphatic hydroxyl groups excluding tert-OH is 1. The summed E-state index contributed by atoms with van der Waals surface area (Å²) >= 11 is 13.4. The quantitative estimate of drug-likeness (QED) is 0.601. The molecule has 2 aliphatic heterocycles. The molecule has 2 amide bonds. The van der Waals surface area contributed by atoms with Crippen molar-refractivity contribution in [3.63, 3.8) is 0 Å². The molecule has 1 unspecified atom stereocenters. The van der Waals surface area contributed by atoms with E-state index in [4.69, 9.17) is 23.2 Å². The molecule has 0 aromatic heterocycles. The van der Waals surface area contributed by atoms with E-state index < -0.39 is 0 Å². The molecule has 8 heteroatoms. The number of likely N-dealkylation sites (tertiary alicyclic amines) is 1. The number of hydrogen-bond acceptors (Lipinski definition) is 4. The summed E-state index contributed by atoms with van der Waals surface area (Å²) in [7, 11) is 0. The Morgan fingerprint density at radius 3 is 2.19 bits per heavy atom. The third-order valence-electron chi connectivity index (χ3n) is 7.92. The van der Waals surface area contributed by atoms with E-state index in [0.29, 0.717) is 22.0 Å². The van der Waals surface area contributed by atoms with Crippen molar-refractivity contribution >= 4 is 35.0 Å². The Bertz CT molecular complexity index is 1090. The minimum atomic E-state index is -0.227. The van der Waals surface area contributed by atoms with Crippen LogP contribution >= 0.6 is 23.2 Å². The molecule has 36 heavy (non-hydrogen) atoms. The van der Waals surface area contributed by atoms with Gasteiger partial charge in [-0.25, -0.2) is 0 Å². The van der Waals surface area contributed by atoms with Crippen molar-refractivity contribution in [1.82, 2.24) is 15.1 Å². The summed E-state index contributed by atoms with van der Waals surface area (Å²) in [5.41, 5.74) is 3.30. The third kappa shape index (κ3) is 5.42. The molecule has 0 spiro atoms. The summed E-state index contributed by atoms with van der Waals surface area (Å²) in [5.74, 6) is 0.111. The second kappa shape index (κ2) is 11.1. The molecule has 1 saturated carbocycles. The van der Waals surface area contributed by atoms with E-state index in [9.17, 15) is 14.7 Å². The van der Waals surface area contributed by atoms with Gasteiger partial charge in [0.1, 0.15) is 0 Å². The van der Waals surface area contributed by atoms with Crippen molar-refractivity contribution < 1.29 is 14.7 Å². The molecule has 1 atom stereocenters. The average molecular weight is 530 g/mol. The molecule has 0 radical (unpaired) electrons. The second-order valence-corrected chi connectivity index (χ2v) is 11.0. The molecule has 2 saturated heterocycles. The lowest BCUT2D eigenvalue weighted by molar-refractivity contribution is -0.133. The maximum absolute atomic E-state index is 13.1. The summed E-state index contributed by atoms with van der Waals surface area (Å²) in [6.07, 6.45) is 4.38. The first-order valence-corrected chi connectivity index (χ1v) is 13.7. The fourth-order valence-electron chi connectivity index (χ4n) is 5.75. The molecule has 0 bridgehead atoms. The van der Waals surface area contributed by atoms with E-state index >= 15 is 0 Å². The molecule has 2 aromatic carbocycles. The minimum absolute atomic E-state index is 0.0501. The highest BCUT2D eigenvalue weighted by Gasteiger charge is 2.37. The summed E-state index contributed by atoms with van der Waals surface area (Å²) in [4.78, 5) is 29.8. The molecular formula is C28H33Cl2N3O3. The number of piperazine rings is 1. The zero-order valence-electron chi connectivity index (χ0n) is 20.4. The number of rotatable bonds is 5. The van der Waals surface area contributed by atoms with Crippen LogP contribution in [0.4, 0.5) is 0 Å². The number of carbonyl (C=O) groups is 2. The fraction of sp³-hybridized carbons (Fsp3) is 0.500. The molecular weight excluding hydrogens is 497 g/mol. The highest BCUT2D eigenvalue weighted by atomic mass is 35.5. The predicted molar refractivity (Wildman–Crippen MR) is 142 cm³/mol. The van der Waals surface area contributed by atoms with Crippen LogP contribution in [0.3, 0.4) is 0 Å². The molecule has 3 fully saturated rings. The van der Waals surface area contributed by atoms with Gasteiger partial charge in [0.15, 0.2) is 0 Å². The van der Waals surface area contributed by atoms with Gasteiger partial charge in [0.05, 0.1) is 6.10 Å². The Hall–Kier alpha value is -2.12. The van der Waals surface area contributed by atoms with Crippen LogP contribution in [0.15, 0.2) is 36.4 Å². The smallest absolute Gasteiger partial charge is 0.253 e. The van der Waals surface area contributed by atoms with Gasteiger partial charge in [0.25, 0.3) is 5.91 Å². The number of amides is 2. The van der Waals surface area contributed by atoms with Crippen LogP contribution in [0.25, 0.3) is 11.1 Å². The van der Waals surface area contributed by atoms with Gasteiger partial charge in [0, 0.05) is 60.3 Å². The lowest BCUT2D eigenvalue weighted by Gasteiger charge is -2.33. The Balaban J connectivity index is 1.26. The van der Waals surface area contributed by atoms with Gasteiger partial charge < -0.3 is 20.2 Å². The van der Waals surface area contributed by atoms with Crippen LogP contribution in [-0.4, -0.2) is 71.6 Å². The number of halogens is 2. The Kier molecular flexibility index (Phi) is 7.87. The molecule has 3 aliphatic rings. The summed E-state index contributed by atoms with van der Waals surface area (Å²) in [6.45, 7) is 3.85. The van der Waals surface area contributed by atoms with Crippen molar-refractivity contribution in [3.05, 3.63) is 57.6 Å². The number of nitrogens with one attached hydrogen (secondary N) is 1. The minimum Gasteiger partial charge on any atom is -0.393 e. The van der Waals surface area contributed by atoms with Gasteiger partial charge in [-0.2, -0.15) is 0 Å². The van der Waals surface area contributed by atoms with E-state index in [1.807, 2.05) is 46.2 Å². The van der Waals surface area contributed by atoms with Crippen LogP contribution in [-0.2, 0) is 11.2 Å². The maximum atomic E-state index is 13.1. The summed E-state index contributed by atoms with van der Waals surface area (Å²) in [5, 5.41) is 14.2. The SMILES string of the molecule is O=C(c1ccc(-c2cc(Cl)c(CC3CCN(C4CCC(O)CC4)C3=O)c(Cl)c2)cc1)N1CCNCC1. The van der Waals surface area contributed by atoms with Gasteiger partial charge >= 0.3 is 0 Å². The van der Waals surface area contributed by atoms with Crippen LogP contribution in [0.5, 0.6) is 0 Å². The Morgan fingerprint density at radius 1 is 0.917 bits per heavy atom. The summed E-state index contributed by atoms with van der Waals surface area (Å²) in [6, 6.07) is 11.6. The maximum Gasteiger partial charge on any atom is 0.253 e. The number of benzene rings is 2. The topological polar surface area (TPSA) is 72.9 Å². The van der Waals surface area contributed by atoms with Crippen LogP contribution in [0, 0.1) is 5.92 Å². The van der Waals surface area contributed by atoms with Gasteiger partial charge in [-0.3, -0.25) is 9.59 Å². The molecule has 6 nitrogen and oxygen atoms in total. The summed E-state index contributed by atoms with van der Waals surface area (Å²) < 4.78 is 0. The first-order valence-electron chi connectivity index (χ1n) is 13.0. The van der Waals surface area contributed by atoms with Crippen molar-refractivity contribution in [1.29, 1.82) is 0 Å². The van der Waals surface area contributed by atoms with Gasteiger partial charge in [-0.15, -0.1) is 0 Å². The largest absolute Gasteiger partial charge is 0.393 e. The highest BCUT2D eigenvalue weighted by Crippen LogP contribution is 2.36. The van der Waals surface area contributed by atoms with Crippen molar-refractivity contribution in [3.8, 4) is 11.1 Å². The number of nitrogens with zero attached hydrogens (tertiary/aromatic N) is 2. The zero-order valence-corrected chi connectivity index (χ0v) is 21.9. The van der Waals surface area contributed by atoms with E-state index in [-0.39, 0.29) is 29.9 Å². The van der Waals surface area contributed by atoms with Crippen LogP contribution < -0.4 is 5.32 Å². The van der Waals surface area contributed by atoms with Crippen molar-refractivity contribution in [2.75, 3.05) is 32.7 Å². The van der Waals surface area contributed by atoms with Gasteiger partial charge in [-0.05, 0) is 79.5 Å². The Labute approximate surface area is 222 Å². The highest BCUT2D eigenvalue weighted by molar-refractivity contribution is 6.36. The van der Waals surface area contributed by atoms with Gasteiger partial charge in [-0.1, -0.05) is 35.3 Å². The zero-order chi connectivity index (χ0) is 25.2. The number of aliphatic hydroxyl groups is 1. The predicted octanol–water partition coefficient (Wildman–Crippen LogP) is 4.40. The molecule has 192 valence electrons. The standard InChI is InChI=1S/C28H33Cl2N3O3/c29-25-16-21(18-1-3-19(4-2-18)27(35)32-13-10-31-11-14-32)17-26(30)24(25)15-20-9-12-33(28(20)36)22-5-7-23(34)8-6-22/h1-4,16-17,20,22-23,31,34H,5-15H2. The number of hydrogen-bond donors (Lipinski definition) is 2. The van der Waals surface area contributed by atoms with E-state index in [0.717, 1.165) is 81.5 Å². The molecule has 2 heterocycles. The fourth-order valence-corrected chi connectivity index (χ4v) is 6.39. The van der Waals surface area contributed by atoms with E-state index in [1.165, 1.54) is 0 Å². The second-order valence-electron chi connectivity index (χ2n) is 10.2. The van der Waals surface area contributed by atoms with Crippen molar-refractivity contribution in [2.45, 2.75) is 50.7 Å². The first kappa shape index (κ1) is 25.5. The monoisotopic (exact) mass is 529 g/mol. The van der Waals surface area contributed by atoms with E-state index in [2.05, 4.69) is 5.32 Å². The average Bonchev–Trinajstić information content (AvgIpc) is 3.26. The lowest BCUT2D eigenvalue weighted by Crippen LogP contribution is -2.46. The lowest BCUT2D eigenvalue weighted by atomic mass is 9.92. The molecule has 5 rings (SSSR count).